The molecule has 7 nitrogen and oxygen atoms in total. The summed E-state index contributed by atoms with van der Waals surface area (Å²) in [6.45, 7) is 3.65. The first kappa shape index (κ1) is 14.7. The van der Waals surface area contributed by atoms with Gasteiger partial charge in [-0.15, -0.1) is 0 Å². The van der Waals surface area contributed by atoms with Crippen molar-refractivity contribution in [3.05, 3.63) is 28.3 Å². The average Bonchev–Trinajstić information content (AvgIpc) is 3.10. The number of benzene rings is 1. The van der Waals surface area contributed by atoms with Gasteiger partial charge in [0.1, 0.15) is 4.90 Å². The molecule has 0 heterocycles. The van der Waals surface area contributed by atoms with Crippen LogP contribution in [0.5, 0.6) is 0 Å². The number of non-ortho nitro benzene ring substituents is 1. The molecule has 1 aliphatic rings. The van der Waals surface area contributed by atoms with Crippen molar-refractivity contribution < 1.29 is 13.3 Å². The highest BCUT2D eigenvalue weighted by Gasteiger charge is 2.41. The van der Waals surface area contributed by atoms with E-state index in [1.165, 1.54) is 6.07 Å². The molecule has 0 radical (unpaired) electrons. The van der Waals surface area contributed by atoms with E-state index in [-0.39, 0.29) is 16.3 Å². The molecule has 1 aromatic carbocycles. The molecular formula is C12H17N3O4S. The first-order chi connectivity index (χ1) is 9.13. The van der Waals surface area contributed by atoms with E-state index in [0.29, 0.717) is 5.92 Å². The zero-order valence-corrected chi connectivity index (χ0v) is 12.1. The van der Waals surface area contributed by atoms with Gasteiger partial charge < -0.3 is 5.73 Å². The van der Waals surface area contributed by atoms with Crippen molar-refractivity contribution in [1.29, 1.82) is 0 Å². The van der Waals surface area contributed by atoms with Crippen LogP contribution in [0.4, 0.5) is 11.4 Å². The highest BCUT2D eigenvalue weighted by molar-refractivity contribution is 7.89. The summed E-state index contributed by atoms with van der Waals surface area (Å²) in [5.41, 5.74) is 4.72. The first-order valence-electron chi connectivity index (χ1n) is 6.21. The SMILES string of the molecule is CC(C)(NS(=O)(=O)c1ccc([N+](=O)[O-])cc1N)C1CC1. The van der Waals surface area contributed by atoms with Gasteiger partial charge in [0.05, 0.1) is 10.6 Å². The van der Waals surface area contributed by atoms with Crippen LogP contribution in [0, 0.1) is 16.0 Å². The number of anilines is 1. The van der Waals surface area contributed by atoms with Gasteiger partial charge in [0.25, 0.3) is 5.69 Å². The number of hydrogen-bond acceptors (Lipinski definition) is 5. The maximum atomic E-state index is 12.3. The van der Waals surface area contributed by atoms with Gasteiger partial charge in [-0.25, -0.2) is 13.1 Å². The van der Waals surface area contributed by atoms with Crippen molar-refractivity contribution in [1.82, 2.24) is 4.72 Å². The summed E-state index contributed by atoms with van der Waals surface area (Å²) < 4.78 is 27.3. The van der Waals surface area contributed by atoms with Crippen LogP contribution in [0.3, 0.4) is 0 Å². The summed E-state index contributed by atoms with van der Waals surface area (Å²) in [7, 11) is -3.79. The number of nitrogens with one attached hydrogen (secondary N) is 1. The van der Waals surface area contributed by atoms with Crippen LogP contribution < -0.4 is 10.5 Å². The molecular weight excluding hydrogens is 282 g/mol. The Labute approximate surface area is 117 Å². The lowest BCUT2D eigenvalue weighted by Crippen LogP contribution is -2.45. The Kier molecular flexibility index (Phi) is 3.47. The largest absolute Gasteiger partial charge is 0.397 e. The summed E-state index contributed by atoms with van der Waals surface area (Å²) in [4.78, 5) is 9.88. The van der Waals surface area contributed by atoms with Crippen molar-refractivity contribution in [3.8, 4) is 0 Å². The Morgan fingerprint density at radius 2 is 2.00 bits per heavy atom. The summed E-state index contributed by atoms with van der Waals surface area (Å²) in [5, 5.41) is 10.6. The van der Waals surface area contributed by atoms with E-state index >= 15 is 0 Å². The van der Waals surface area contributed by atoms with Gasteiger partial charge in [-0.3, -0.25) is 10.1 Å². The van der Waals surface area contributed by atoms with Crippen LogP contribution in [-0.4, -0.2) is 18.9 Å². The van der Waals surface area contributed by atoms with E-state index in [9.17, 15) is 18.5 Å². The zero-order valence-electron chi connectivity index (χ0n) is 11.3. The second-order valence-corrected chi connectivity index (χ2v) is 7.23. The van der Waals surface area contributed by atoms with Crippen LogP contribution in [-0.2, 0) is 10.0 Å². The molecule has 1 aromatic rings. The Bertz CT molecular complexity index is 651. The Hall–Kier alpha value is -1.67. The maximum Gasteiger partial charge on any atom is 0.271 e. The summed E-state index contributed by atoms with van der Waals surface area (Å²) in [5.74, 6) is 0.316. The van der Waals surface area contributed by atoms with Crippen molar-refractivity contribution in [3.63, 3.8) is 0 Å². The molecule has 0 saturated heterocycles. The van der Waals surface area contributed by atoms with Gasteiger partial charge >= 0.3 is 0 Å². The van der Waals surface area contributed by atoms with Gasteiger partial charge in [-0.05, 0) is 38.7 Å². The van der Waals surface area contributed by atoms with E-state index in [0.717, 1.165) is 25.0 Å². The Morgan fingerprint density at radius 1 is 1.40 bits per heavy atom. The fourth-order valence-electron chi connectivity index (χ4n) is 2.18. The third-order valence-electron chi connectivity index (χ3n) is 3.49. The van der Waals surface area contributed by atoms with E-state index in [1.54, 1.807) is 0 Å². The summed E-state index contributed by atoms with van der Waals surface area (Å²) in [6.07, 6.45) is 1.98. The van der Waals surface area contributed by atoms with Crippen LogP contribution in [0.15, 0.2) is 23.1 Å². The quantitative estimate of drug-likeness (QED) is 0.487. The molecule has 8 heteroatoms. The number of sulfonamides is 1. The molecule has 1 fully saturated rings. The predicted octanol–water partition coefficient (Wildman–Crippen LogP) is 1.64. The lowest BCUT2D eigenvalue weighted by molar-refractivity contribution is -0.384. The molecule has 0 aliphatic heterocycles. The molecule has 0 spiro atoms. The maximum absolute atomic E-state index is 12.3. The molecule has 110 valence electrons. The standard InChI is InChI=1S/C12H17N3O4S/c1-12(2,8-3-4-8)14-20(18,19)11-6-5-9(15(16)17)7-10(11)13/h5-8,14H,3-4,13H2,1-2H3. The van der Waals surface area contributed by atoms with Gasteiger partial charge in [0.15, 0.2) is 0 Å². The van der Waals surface area contributed by atoms with Gasteiger partial charge in [-0.2, -0.15) is 0 Å². The van der Waals surface area contributed by atoms with Crippen molar-refractivity contribution in [2.75, 3.05) is 5.73 Å². The minimum absolute atomic E-state index is 0.127. The number of nitro benzene ring substituents is 1. The fourth-order valence-corrected chi connectivity index (χ4v) is 3.77. The smallest absolute Gasteiger partial charge is 0.271 e. The molecule has 1 aliphatic carbocycles. The second kappa shape index (κ2) is 4.71. The van der Waals surface area contributed by atoms with Gasteiger partial charge in [0, 0.05) is 17.7 Å². The number of nitrogens with two attached hydrogens (primary N) is 1. The van der Waals surface area contributed by atoms with Crippen LogP contribution in [0.2, 0.25) is 0 Å². The van der Waals surface area contributed by atoms with Crippen molar-refractivity contribution >= 4 is 21.4 Å². The van der Waals surface area contributed by atoms with Crippen LogP contribution in [0.25, 0.3) is 0 Å². The third-order valence-corrected chi connectivity index (χ3v) is 5.23. The molecule has 20 heavy (non-hydrogen) atoms. The highest BCUT2D eigenvalue weighted by Crippen LogP contribution is 2.40. The third kappa shape index (κ3) is 2.91. The molecule has 0 aromatic heterocycles. The number of nitrogen functional groups attached to an aromatic ring is 1. The van der Waals surface area contributed by atoms with Crippen LogP contribution in [0.1, 0.15) is 26.7 Å². The zero-order chi connectivity index (χ0) is 15.1. The topological polar surface area (TPSA) is 115 Å². The predicted molar refractivity (Wildman–Crippen MR) is 74.6 cm³/mol. The molecule has 1 saturated carbocycles. The molecule has 3 N–H and O–H groups in total. The summed E-state index contributed by atoms with van der Waals surface area (Å²) >= 11 is 0. The fraction of sp³-hybridized carbons (Fsp3) is 0.500. The number of nitro groups is 1. The van der Waals surface area contributed by atoms with Gasteiger partial charge in [0.2, 0.25) is 10.0 Å². The molecule has 0 amide bonds. The minimum atomic E-state index is -3.79. The van der Waals surface area contributed by atoms with Crippen molar-refractivity contribution in [2.24, 2.45) is 5.92 Å². The highest BCUT2D eigenvalue weighted by atomic mass is 32.2. The molecule has 2 rings (SSSR count). The normalized spacial score (nSPS) is 16.1. The van der Waals surface area contributed by atoms with E-state index in [1.807, 2.05) is 13.8 Å². The van der Waals surface area contributed by atoms with Crippen LogP contribution >= 0.6 is 0 Å². The van der Waals surface area contributed by atoms with E-state index in [4.69, 9.17) is 5.73 Å². The Balaban J connectivity index is 2.32. The molecule has 0 unspecified atom stereocenters. The number of hydrogen-bond donors (Lipinski definition) is 2. The monoisotopic (exact) mass is 299 g/mol. The number of rotatable bonds is 5. The lowest BCUT2D eigenvalue weighted by atomic mass is 10.0. The van der Waals surface area contributed by atoms with E-state index < -0.39 is 20.5 Å². The minimum Gasteiger partial charge on any atom is -0.397 e. The summed E-state index contributed by atoms with van der Waals surface area (Å²) in [6, 6.07) is 3.35. The number of nitrogens with zero attached hydrogens (tertiary/aromatic N) is 1. The second-order valence-electron chi connectivity index (χ2n) is 5.58. The first-order valence-corrected chi connectivity index (χ1v) is 7.70. The average molecular weight is 299 g/mol. The van der Waals surface area contributed by atoms with Crippen molar-refractivity contribution in [2.45, 2.75) is 37.1 Å². The lowest BCUT2D eigenvalue weighted by Gasteiger charge is -2.26. The molecule has 0 bridgehead atoms. The Morgan fingerprint density at radius 3 is 2.45 bits per heavy atom. The molecule has 0 atom stereocenters. The van der Waals surface area contributed by atoms with E-state index in [2.05, 4.69) is 4.72 Å². The van der Waals surface area contributed by atoms with Gasteiger partial charge in [-0.1, -0.05) is 0 Å².